The number of nitrogens with one attached hydrogen (secondary N) is 1. The fourth-order valence-electron chi connectivity index (χ4n) is 3.60. The molecular weight excluding hydrogens is 385 g/mol. The molecule has 0 atom stereocenters. The fourth-order valence-corrected chi connectivity index (χ4v) is 3.60. The van der Waals surface area contributed by atoms with Crippen molar-refractivity contribution in [1.82, 2.24) is 15.1 Å². The Bertz CT molecular complexity index is 745. The number of alkyl halides is 3. The molecule has 29 heavy (non-hydrogen) atoms. The normalized spacial score (nSPS) is 19.4. The Labute approximate surface area is 168 Å². The van der Waals surface area contributed by atoms with E-state index >= 15 is 0 Å². The lowest BCUT2D eigenvalue weighted by atomic mass is 10.0. The first-order valence-electron chi connectivity index (χ1n) is 9.77. The zero-order valence-corrected chi connectivity index (χ0v) is 16.3. The minimum atomic E-state index is -4.36. The monoisotopic (exact) mass is 412 g/mol. The Kier molecular flexibility index (Phi) is 7.15. The number of amides is 1. The highest BCUT2D eigenvalue weighted by atomic mass is 19.4. The van der Waals surface area contributed by atoms with Crippen LogP contribution in [0.15, 0.2) is 35.5 Å². The van der Waals surface area contributed by atoms with Gasteiger partial charge in [-0.05, 0) is 18.1 Å². The quantitative estimate of drug-likeness (QED) is 0.742. The SMILES string of the molecule is NC1=C(C(=O)NCCN2CCOCC2)CCN(Cc2cccc(C(F)(F)F)c2)C1. The van der Waals surface area contributed by atoms with Crippen molar-refractivity contribution >= 4 is 5.91 Å². The molecule has 1 aromatic rings. The minimum Gasteiger partial charge on any atom is -0.401 e. The van der Waals surface area contributed by atoms with E-state index in [2.05, 4.69) is 10.2 Å². The Morgan fingerprint density at radius 1 is 1.17 bits per heavy atom. The Morgan fingerprint density at radius 3 is 2.62 bits per heavy atom. The van der Waals surface area contributed by atoms with Crippen molar-refractivity contribution in [2.75, 3.05) is 52.5 Å². The van der Waals surface area contributed by atoms with Crippen molar-refractivity contribution in [2.45, 2.75) is 19.1 Å². The second-order valence-corrected chi connectivity index (χ2v) is 7.37. The number of hydrogen-bond donors (Lipinski definition) is 2. The van der Waals surface area contributed by atoms with Crippen molar-refractivity contribution in [2.24, 2.45) is 5.73 Å². The first-order chi connectivity index (χ1) is 13.8. The van der Waals surface area contributed by atoms with E-state index in [4.69, 9.17) is 10.5 Å². The first-order valence-corrected chi connectivity index (χ1v) is 9.77. The van der Waals surface area contributed by atoms with E-state index < -0.39 is 11.7 Å². The molecule has 0 unspecified atom stereocenters. The third-order valence-electron chi connectivity index (χ3n) is 5.21. The van der Waals surface area contributed by atoms with Crippen LogP contribution in [0, 0.1) is 0 Å². The molecule has 0 saturated carbocycles. The first kappa shape index (κ1) is 21.6. The summed E-state index contributed by atoms with van der Waals surface area (Å²) >= 11 is 0. The molecule has 3 rings (SSSR count). The predicted octanol–water partition coefficient (Wildman–Crippen LogP) is 1.57. The van der Waals surface area contributed by atoms with E-state index in [1.54, 1.807) is 6.07 Å². The van der Waals surface area contributed by atoms with Crippen molar-refractivity contribution in [3.8, 4) is 0 Å². The van der Waals surface area contributed by atoms with Crippen molar-refractivity contribution in [3.63, 3.8) is 0 Å². The van der Waals surface area contributed by atoms with Gasteiger partial charge in [0.25, 0.3) is 0 Å². The van der Waals surface area contributed by atoms with Crippen LogP contribution in [0.3, 0.4) is 0 Å². The Morgan fingerprint density at radius 2 is 1.93 bits per heavy atom. The molecule has 1 amide bonds. The summed E-state index contributed by atoms with van der Waals surface area (Å²) in [5.41, 5.74) is 7.08. The molecule has 0 aliphatic carbocycles. The van der Waals surface area contributed by atoms with Gasteiger partial charge in [-0.25, -0.2) is 0 Å². The molecule has 160 valence electrons. The van der Waals surface area contributed by atoms with Gasteiger partial charge in [0.05, 0.1) is 18.8 Å². The van der Waals surface area contributed by atoms with Gasteiger partial charge in [0.15, 0.2) is 0 Å². The van der Waals surface area contributed by atoms with Gasteiger partial charge >= 0.3 is 6.18 Å². The van der Waals surface area contributed by atoms with E-state index in [9.17, 15) is 18.0 Å². The number of nitrogens with two attached hydrogens (primary N) is 1. The summed E-state index contributed by atoms with van der Waals surface area (Å²) in [5.74, 6) is -0.158. The molecule has 0 spiro atoms. The van der Waals surface area contributed by atoms with Crippen LogP contribution in [-0.4, -0.2) is 68.2 Å². The predicted molar refractivity (Wildman–Crippen MR) is 103 cm³/mol. The van der Waals surface area contributed by atoms with Crippen LogP contribution in [-0.2, 0) is 22.3 Å². The summed E-state index contributed by atoms with van der Waals surface area (Å²) in [6, 6.07) is 5.30. The lowest BCUT2D eigenvalue weighted by Crippen LogP contribution is -2.43. The number of carbonyl (C=O) groups is 1. The summed E-state index contributed by atoms with van der Waals surface area (Å²) < 4.78 is 43.9. The van der Waals surface area contributed by atoms with Gasteiger partial charge in [0, 0.05) is 57.1 Å². The number of rotatable bonds is 6. The molecule has 1 fully saturated rings. The number of nitrogens with zero attached hydrogens (tertiary/aromatic N) is 2. The molecule has 9 heteroatoms. The van der Waals surface area contributed by atoms with Gasteiger partial charge in [-0.3, -0.25) is 14.6 Å². The molecule has 0 bridgehead atoms. The number of hydrogen-bond acceptors (Lipinski definition) is 5. The van der Waals surface area contributed by atoms with Crippen LogP contribution in [0.4, 0.5) is 13.2 Å². The lowest BCUT2D eigenvalue weighted by molar-refractivity contribution is -0.137. The zero-order valence-electron chi connectivity index (χ0n) is 16.3. The van der Waals surface area contributed by atoms with E-state index in [0.717, 1.165) is 31.8 Å². The number of benzene rings is 1. The average molecular weight is 412 g/mol. The Balaban J connectivity index is 1.50. The summed E-state index contributed by atoms with van der Waals surface area (Å²) in [7, 11) is 0. The highest BCUT2D eigenvalue weighted by Gasteiger charge is 2.30. The van der Waals surface area contributed by atoms with E-state index in [1.165, 1.54) is 6.07 Å². The number of morpholine rings is 1. The van der Waals surface area contributed by atoms with Crippen molar-refractivity contribution < 1.29 is 22.7 Å². The van der Waals surface area contributed by atoms with Gasteiger partial charge in [0.1, 0.15) is 0 Å². The Hall–Kier alpha value is -2.10. The largest absolute Gasteiger partial charge is 0.416 e. The number of halogens is 3. The standard InChI is InChI=1S/C20H27F3N4O2/c21-20(22,23)16-3-1-2-15(12-16)13-27-6-4-17(18(24)14-27)19(28)25-5-7-26-8-10-29-11-9-26/h1-3,12H,4-11,13-14,24H2,(H,25,28). The van der Waals surface area contributed by atoms with Crippen LogP contribution in [0.2, 0.25) is 0 Å². The second kappa shape index (κ2) is 9.60. The van der Waals surface area contributed by atoms with Crippen LogP contribution >= 0.6 is 0 Å². The highest BCUT2D eigenvalue weighted by Crippen LogP contribution is 2.30. The van der Waals surface area contributed by atoms with Gasteiger partial charge in [-0.15, -0.1) is 0 Å². The van der Waals surface area contributed by atoms with Gasteiger partial charge in [0.2, 0.25) is 5.91 Å². The van der Waals surface area contributed by atoms with Crippen molar-refractivity contribution in [1.29, 1.82) is 0 Å². The molecule has 2 aliphatic rings. The maximum absolute atomic E-state index is 12.9. The zero-order chi connectivity index (χ0) is 20.9. The lowest BCUT2D eigenvalue weighted by Gasteiger charge is -2.29. The summed E-state index contributed by atoms with van der Waals surface area (Å²) in [4.78, 5) is 16.6. The van der Waals surface area contributed by atoms with E-state index in [0.29, 0.717) is 62.6 Å². The average Bonchev–Trinajstić information content (AvgIpc) is 2.68. The molecular formula is C20H27F3N4O2. The van der Waals surface area contributed by atoms with Crippen LogP contribution in [0.25, 0.3) is 0 Å². The maximum Gasteiger partial charge on any atom is 0.416 e. The van der Waals surface area contributed by atoms with Crippen LogP contribution in [0.5, 0.6) is 0 Å². The fraction of sp³-hybridized carbons (Fsp3) is 0.550. The summed E-state index contributed by atoms with van der Waals surface area (Å²) in [6.45, 7) is 5.77. The topological polar surface area (TPSA) is 70.8 Å². The van der Waals surface area contributed by atoms with E-state index in [1.807, 2.05) is 4.90 Å². The molecule has 0 radical (unpaired) electrons. The number of carbonyl (C=O) groups excluding carboxylic acids is 1. The maximum atomic E-state index is 12.9. The molecule has 6 nitrogen and oxygen atoms in total. The molecule has 1 aromatic carbocycles. The van der Waals surface area contributed by atoms with Gasteiger partial charge in [-0.2, -0.15) is 13.2 Å². The van der Waals surface area contributed by atoms with Gasteiger partial charge < -0.3 is 15.8 Å². The smallest absolute Gasteiger partial charge is 0.401 e. The molecule has 2 aliphatic heterocycles. The second-order valence-electron chi connectivity index (χ2n) is 7.37. The number of ether oxygens (including phenoxy) is 1. The minimum absolute atomic E-state index is 0.158. The molecule has 2 heterocycles. The summed E-state index contributed by atoms with van der Waals surface area (Å²) in [5, 5.41) is 2.92. The van der Waals surface area contributed by atoms with Gasteiger partial charge in [-0.1, -0.05) is 18.2 Å². The van der Waals surface area contributed by atoms with Crippen LogP contribution in [0.1, 0.15) is 17.5 Å². The molecule has 1 saturated heterocycles. The third-order valence-corrected chi connectivity index (χ3v) is 5.21. The summed E-state index contributed by atoms with van der Waals surface area (Å²) in [6.07, 6.45) is -3.88. The third kappa shape index (κ3) is 6.19. The van der Waals surface area contributed by atoms with Crippen LogP contribution < -0.4 is 11.1 Å². The molecule has 3 N–H and O–H groups in total. The van der Waals surface area contributed by atoms with Crippen molar-refractivity contribution in [3.05, 3.63) is 46.7 Å². The highest BCUT2D eigenvalue weighted by molar-refractivity contribution is 5.94. The molecule has 0 aromatic heterocycles. The van der Waals surface area contributed by atoms with E-state index in [-0.39, 0.29) is 5.91 Å².